The van der Waals surface area contributed by atoms with E-state index >= 15 is 0 Å². The van der Waals surface area contributed by atoms with Crippen LogP contribution in [0.25, 0.3) is 0 Å². The second-order valence-electron chi connectivity index (χ2n) is 2.95. The Bertz CT molecular complexity index is 133. The first-order chi connectivity index (χ1) is 5.31. The molecule has 0 aromatic carbocycles. The molecule has 1 unspecified atom stereocenters. The number of hydrogen-bond donors (Lipinski definition) is 2. The van der Waals surface area contributed by atoms with Gasteiger partial charge in [0.15, 0.2) is 5.60 Å². The van der Waals surface area contributed by atoms with Crippen LogP contribution in [-0.4, -0.2) is 30.0 Å². The highest BCUT2D eigenvalue weighted by molar-refractivity contribution is 4.83. The molecule has 0 saturated carbocycles. The second-order valence-corrected chi connectivity index (χ2v) is 2.95. The molecule has 12 heavy (non-hydrogen) atoms. The van der Waals surface area contributed by atoms with Crippen molar-refractivity contribution in [3.63, 3.8) is 0 Å². The summed E-state index contributed by atoms with van der Waals surface area (Å²) in [6.45, 7) is 2.63. The van der Waals surface area contributed by atoms with Crippen molar-refractivity contribution in [3.8, 4) is 0 Å². The van der Waals surface area contributed by atoms with Gasteiger partial charge in [-0.2, -0.15) is 13.2 Å². The fourth-order valence-electron chi connectivity index (χ4n) is 0.609. The fraction of sp³-hybridized carbons (Fsp3) is 1.00. The van der Waals surface area contributed by atoms with Gasteiger partial charge in [-0.3, -0.25) is 0 Å². The smallest absolute Gasteiger partial charge is 0.380 e. The van der Waals surface area contributed by atoms with Crippen molar-refractivity contribution in [2.75, 3.05) is 13.1 Å². The summed E-state index contributed by atoms with van der Waals surface area (Å²) in [5, 5.41) is 11.4. The van der Waals surface area contributed by atoms with Gasteiger partial charge in [0, 0.05) is 6.54 Å². The van der Waals surface area contributed by atoms with E-state index in [1.54, 1.807) is 0 Å². The molecule has 0 aliphatic carbocycles. The van der Waals surface area contributed by atoms with Crippen molar-refractivity contribution in [2.45, 2.75) is 32.0 Å². The van der Waals surface area contributed by atoms with E-state index in [9.17, 15) is 13.2 Å². The number of rotatable bonds is 4. The van der Waals surface area contributed by atoms with Gasteiger partial charge in [-0.05, 0) is 19.9 Å². The SMILES string of the molecule is CCCNCC(C)(O)C(F)(F)F. The Morgan fingerprint density at radius 1 is 1.33 bits per heavy atom. The molecule has 1 atom stereocenters. The van der Waals surface area contributed by atoms with Crippen molar-refractivity contribution in [2.24, 2.45) is 0 Å². The Labute approximate surface area is 69.8 Å². The minimum Gasteiger partial charge on any atom is -0.380 e. The van der Waals surface area contributed by atoms with E-state index in [-0.39, 0.29) is 0 Å². The molecule has 0 aromatic rings. The van der Waals surface area contributed by atoms with Crippen molar-refractivity contribution < 1.29 is 18.3 Å². The average molecular weight is 185 g/mol. The molecule has 2 nitrogen and oxygen atoms in total. The lowest BCUT2D eigenvalue weighted by molar-refractivity contribution is -0.250. The van der Waals surface area contributed by atoms with Gasteiger partial charge in [0.05, 0.1) is 0 Å². The summed E-state index contributed by atoms with van der Waals surface area (Å²) in [4.78, 5) is 0. The summed E-state index contributed by atoms with van der Waals surface area (Å²) in [5.41, 5.74) is -2.62. The number of halogens is 3. The molecule has 0 saturated heterocycles. The Kier molecular flexibility index (Phi) is 3.99. The zero-order valence-corrected chi connectivity index (χ0v) is 7.20. The summed E-state index contributed by atoms with van der Waals surface area (Å²) >= 11 is 0. The van der Waals surface area contributed by atoms with Crippen LogP contribution in [-0.2, 0) is 0 Å². The number of nitrogens with one attached hydrogen (secondary N) is 1. The third kappa shape index (κ3) is 3.40. The van der Waals surface area contributed by atoms with Crippen LogP contribution in [0.3, 0.4) is 0 Å². The number of hydrogen-bond acceptors (Lipinski definition) is 2. The van der Waals surface area contributed by atoms with Crippen LogP contribution in [0.2, 0.25) is 0 Å². The predicted octanol–water partition coefficient (Wildman–Crippen LogP) is 1.30. The number of alkyl halides is 3. The maximum atomic E-state index is 12.0. The van der Waals surface area contributed by atoms with Gasteiger partial charge < -0.3 is 10.4 Å². The third-order valence-corrected chi connectivity index (χ3v) is 1.51. The van der Waals surface area contributed by atoms with Crippen LogP contribution in [0.4, 0.5) is 13.2 Å². The molecule has 2 N–H and O–H groups in total. The van der Waals surface area contributed by atoms with Crippen molar-refractivity contribution in [1.29, 1.82) is 0 Å². The molecule has 0 amide bonds. The van der Waals surface area contributed by atoms with Crippen molar-refractivity contribution in [3.05, 3.63) is 0 Å². The van der Waals surface area contributed by atoms with Crippen LogP contribution in [0.5, 0.6) is 0 Å². The van der Waals surface area contributed by atoms with Crippen LogP contribution in [0, 0.1) is 0 Å². The van der Waals surface area contributed by atoms with Crippen LogP contribution < -0.4 is 5.32 Å². The minimum absolute atomic E-state index is 0.454. The molecule has 0 rings (SSSR count). The van der Waals surface area contributed by atoms with Crippen molar-refractivity contribution >= 4 is 0 Å². The molecular weight excluding hydrogens is 171 g/mol. The molecule has 0 heterocycles. The normalized spacial score (nSPS) is 17.5. The van der Waals surface area contributed by atoms with Crippen LogP contribution in [0.1, 0.15) is 20.3 Å². The average Bonchev–Trinajstić information content (AvgIpc) is 1.85. The third-order valence-electron chi connectivity index (χ3n) is 1.51. The Morgan fingerprint density at radius 3 is 2.17 bits per heavy atom. The Balaban J connectivity index is 3.88. The summed E-state index contributed by atoms with van der Waals surface area (Å²) < 4.78 is 35.9. The zero-order valence-electron chi connectivity index (χ0n) is 7.20. The molecular formula is C7H14F3NO. The standard InChI is InChI=1S/C7H14F3NO/c1-3-4-11-5-6(2,12)7(8,9)10/h11-12H,3-5H2,1-2H3. The van der Waals surface area contributed by atoms with Gasteiger partial charge in [-0.1, -0.05) is 6.92 Å². The van der Waals surface area contributed by atoms with Crippen molar-refractivity contribution in [1.82, 2.24) is 5.32 Å². The predicted molar refractivity (Wildman–Crippen MR) is 39.8 cm³/mol. The first-order valence-corrected chi connectivity index (χ1v) is 3.81. The fourth-order valence-corrected chi connectivity index (χ4v) is 0.609. The van der Waals surface area contributed by atoms with E-state index in [0.717, 1.165) is 13.3 Å². The van der Waals surface area contributed by atoms with E-state index in [1.807, 2.05) is 6.92 Å². The molecule has 74 valence electrons. The van der Waals surface area contributed by atoms with Gasteiger partial charge in [-0.15, -0.1) is 0 Å². The topological polar surface area (TPSA) is 32.3 Å². The zero-order chi connectivity index (χ0) is 9.83. The minimum atomic E-state index is -4.56. The molecule has 0 bridgehead atoms. The molecule has 0 spiro atoms. The first-order valence-electron chi connectivity index (χ1n) is 3.81. The van der Waals surface area contributed by atoms with E-state index in [1.165, 1.54) is 0 Å². The highest BCUT2D eigenvalue weighted by Gasteiger charge is 2.49. The highest BCUT2D eigenvalue weighted by atomic mass is 19.4. The first kappa shape index (κ1) is 11.7. The lowest BCUT2D eigenvalue weighted by atomic mass is 10.1. The highest BCUT2D eigenvalue weighted by Crippen LogP contribution is 2.28. The summed E-state index contributed by atoms with van der Waals surface area (Å²) in [5.74, 6) is 0. The van der Waals surface area contributed by atoms with Gasteiger partial charge in [0.25, 0.3) is 0 Å². The molecule has 5 heteroatoms. The largest absolute Gasteiger partial charge is 0.418 e. The quantitative estimate of drug-likeness (QED) is 0.647. The maximum absolute atomic E-state index is 12.0. The number of aliphatic hydroxyl groups is 1. The summed E-state index contributed by atoms with van der Waals surface area (Å²) in [7, 11) is 0. The van der Waals surface area contributed by atoms with Gasteiger partial charge in [0.1, 0.15) is 0 Å². The molecule has 0 aliphatic heterocycles. The molecule has 0 radical (unpaired) electrons. The van der Waals surface area contributed by atoms with Gasteiger partial charge in [0.2, 0.25) is 0 Å². The molecule has 0 aliphatic rings. The lowest BCUT2D eigenvalue weighted by Crippen LogP contribution is -2.50. The van der Waals surface area contributed by atoms with Gasteiger partial charge >= 0.3 is 6.18 Å². The maximum Gasteiger partial charge on any atom is 0.418 e. The van der Waals surface area contributed by atoms with E-state index < -0.39 is 18.3 Å². The Hall–Kier alpha value is -0.290. The molecule has 0 fully saturated rings. The van der Waals surface area contributed by atoms with E-state index in [2.05, 4.69) is 5.32 Å². The molecule has 0 aromatic heterocycles. The monoisotopic (exact) mass is 185 g/mol. The second kappa shape index (κ2) is 4.09. The summed E-state index contributed by atoms with van der Waals surface area (Å²) in [6.07, 6.45) is -3.82. The lowest BCUT2D eigenvalue weighted by Gasteiger charge is -2.26. The van der Waals surface area contributed by atoms with Crippen LogP contribution in [0.15, 0.2) is 0 Å². The summed E-state index contributed by atoms with van der Waals surface area (Å²) in [6, 6.07) is 0. The van der Waals surface area contributed by atoms with E-state index in [4.69, 9.17) is 5.11 Å². The van der Waals surface area contributed by atoms with E-state index in [0.29, 0.717) is 6.54 Å². The Morgan fingerprint density at radius 2 is 1.83 bits per heavy atom. The van der Waals surface area contributed by atoms with Gasteiger partial charge in [-0.25, -0.2) is 0 Å². The van der Waals surface area contributed by atoms with Crippen LogP contribution >= 0.6 is 0 Å².